The Bertz CT molecular complexity index is 578. The Kier molecular flexibility index (Phi) is 4.65. The number of hydrogen-bond acceptors (Lipinski definition) is 4. The van der Waals surface area contributed by atoms with E-state index in [1.165, 1.54) is 7.11 Å². The molecule has 0 aliphatic carbocycles. The molecule has 0 aliphatic heterocycles. The third kappa shape index (κ3) is 3.32. The van der Waals surface area contributed by atoms with Gasteiger partial charge in [-0.25, -0.2) is 4.79 Å². The Morgan fingerprint density at radius 1 is 1.25 bits per heavy atom. The van der Waals surface area contributed by atoms with Crippen LogP contribution in [0.4, 0.5) is 5.69 Å². The summed E-state index contributed by atoms with van der Waals surface area (Å²) in [6.45, 7) is 3.14. The molecule has 2 N–H and O–H groups in total. The first-order chi connectivity index (χ1) is 9.74. The maximum Gasteiger partial charge on any atom is 0.354 e. The molecule has 106 valence electrons. The quantitative estimate of drug-likeness (QED) is 0.795. The van der Waals surface area contributed by atoms with Crippen molar-refractivity contribution in [3.63, 3.8) is 0 Å². The largest absolute Gasteiger partial charge is 0.492 e. The molecule has 1 heterocycles. The van der Waals surface area contributed by atoms with Crippen LogP contribution in [0.25, 0.3) is 0 Å². The van der Waals surface area contributed by atoms with E-state index >= 15 is 0 Å². The van der Waals surface area contributed by atoms with Crippen LogP contribution >= 0.6 is 0 Å². The summed E-state index contributed by atoms with van der Waals surface area (Å²) >= 11 is 0. The molecule has 0 radical (unpaired) electrons. The highest BCUT2D eigenvalue weighted by molar-refractivity contribution is 5.87. The number of para-hydroxylation sites is 2. The number of aromatic nitrogens is 1. The molecule has 0 bridgehead atoms. The third-order valence-corrected chi connectivity index (χ3v) is 2.81. The number of hydrogen-bond donors (Lipinski definition) is 2. The average Bonchev–Trinajstić information content (AvgIpc) is 2.95. The molecular weight excluding hydrogens is 256 g/mol. The SMILES string of the molecule is CCOc1ccccc1NCc1ccc(C(=O)OC)[nH]1. The van der Waals surface area contributed by atoms with Gasteiger partial charge in [-0.1, -0.05) is 12.1 Å². The fourth-order valence-electron chi connectivity index (χ4n) is 1.86. The number of rotatable bonds is 6. The van der Waals surface area contributed by atoms with Crippen LogP contribution < -0.4 is 10.1 Å². The summed E-state index contributed by atoms with van der Waals surface area (Å²) in [5, 5.41) is 3.28. The number of ether oxygens (including phenoxy) is 2. The average molecular weight is 274 g/mol. The van der Waals surface area contributed by atoms with Gasteiger partial charge in [-0.05, 0) is 31.2 Å². The Morgan fingerprint density at radius 2 is 2.05 bits per heavy atom. The number of carbonyl (C=O) groups is 1. The van der Waals surface area contributed by atoms with E-state index in [9.17, 15) is 4.79 Å². The van der Waals surface area contributed by atoms with E-state index in [-0.39, 0.29) is 5.97 Å². The zero-order valence-corrected chi connectivity index (χ0v) is 11.6. The highest BCUT2D eigenvalue weighted by Crippen LogP contribution is 2.24. The molecule has 5 heteroatoms. The molecule has 2 rings (SSSR count). The van der Waals surface area contributed by atoms with Crippen LogP contribution in [-0.2, 0) is 11.3 Å². The maximum absolute atomic E-state index is 11.3. The lowest BCUT2D eigenvalue weighted by atomic mass is 10.3. The van der Waals surface area contributed by atoms with Crippen molar-refractivity contribution in [2.24, 2.45) is 0 Å². The lowest BCUT2D eigenvalue weighted by Crippen LogP contribution is -2.05. The summed E-state index contributed by atoms with van der Waals surface area (Å²) in [6, 6.07) is 11.3. The van der Waals surface area contributed by atoms with Crippen molar-refractivity contribution in [3.8, 4) is 5.75 Å². The second-order valence-electron chi connectivity index (χ2n) is 4.17. The first-order valence-electron chi connectivity index (χ1n) is 6.46. The molecule has 2 aromatic rings. The number of anilines is 1. The van der Waals surface area contributed by atoms with E-state index in [4.69, 9.17) is 4.74 Å². The van der Waals surface area contributed by atoms with Gasteiger partial charge in [-0.2, -0.15) is 0 Å². The summed E-state index contributed by atoms with van der Waals surface area (Å²) < 4.78 is 10.2. The van der Waals surface area contributed by atoms with E-state index in [1.807, 2.05) is 37.3 Å². The van der Waals surface area contributed by atoms with Gasteiger partial charge in [0.15, 0.2) is 0 Å². The summed E-state index contributed by atoms with van der Waals surface area (Å²) in [5.74, 6) is 0.445. The number of aromatic amines is 1. The number of nitrogens with one attached hydrogen (secondary N) is 2. The van der Waals surface area contributed by atoms with Gasteiger partial charge in [0.1, 0.15) is 11.4 Å². The van der Waals surface area contributed by atoms with Gasteiger partial charge in [0.25, 0.3) is 0 Å². The number of H-pyrrole nitrogens is 1. The minimum atomic E-state index is -0.369. The first kappa shape index (κ1) is 14.0. The monoisotopic (exact) mass is 274 g/mol. The maximum atomic E-state index is 11.3. The van der Waals surface area contributed by atoms with Crippen molar-refractivity contribution < 1.29 is 14.3 Å². The van der Waals surface area contributed by atoms with E-state index in [0.29, 0.717) is 18.8 Å². The summed E-state index contributed by atoms with van der Waals surface area (Å²) in [6.07, 6.45) is 0. The molecule has 5 nitrogen and oxygen atoms in total. The van der Waals surface area contributed by atoms with Crippen molar-refractivity contribution >= 4 is 11.7 Å². The Labute approximate surface area is 117 Å². The molecule has 1 aromatic carbocycles. The Morgan fingerprint density at radius 3 is 2.80 bits per heavy atom. The van der Waals surface area contributed by atoms with E-state index < -0.39 is 0 Å². The van der Waals surface area contributed by atoms with Crippen LogP contribution in [0.15, 0.2) is 36.4 Å². The van der Waals surface area contributed by atoms with Gasteiger partial charge >= 0.3 is 5.97 Å². The molecule has 1 aromatic heterocycles. The first-order valence-corrected chi connectivity index (χ1v) is 6.46. The van der Waals surface area contributed by atoms with Gasteiger partial charge in [-0.3, -0.25) is 0 Å². The predicted octanol–water partition coefficient (Wildman–Crippen LogP) is 2.81. The van der Waals surface area contributed by atoms with Crippen LogP contribution in [0, 0.1) is 0 Å². The molecule has 20 heavy (non-hydrogen) atoms. The molecule has 0 atom stereocenters. The van der Waals surface area contributed by atoms with Crippen molar-refractivity contribution in [2.75, 3.05) is 19.0 Å². The number of benzene rings is 1. The van der Waals surface area contributed by atoms with Crippen LogP contribution in [0.5, 0.6) is 5.75 Å². The molecule has 0 spiro atoms. The molecular formula is C15H18N2O3. The Hall–Kier alpha value is -2.43. The molecule has 0 fully saturated rings. The zero-order valence-electron chi connectivity index (χ0n) is 11.6. The summed E-state index contributed by atoms with van der Waals surface area (Å²) in [5.41, 5.74) is 2.27. The van der Waals surface area contributed by atoms with Crippen LogP contribution in [-0.4, -0.2) is 24.7 Å². The van der Waals surface area contributed by atoms with Crippen LogP contribution in [0.3, 0.4) is 0 Å². The molecule has 0 unspecified atom stereocenters. The number of carbonyl (C=O) groups excluding carboxylic acids is 1. The molecule has 0 saturated heterocycles. The van der Waals surface area contributed by atoms with Crippen molar-refractivity contribution in [3.05, 3.63) is 47.8 Å². The predicted molar refractivity (Wildman–Crippen MR) is 77.1 cm³/mol. The van der Waals surface area contributed by atoms with Gasteiger partial charge in [0, 0.05) is 5.69 Å². The molecule has 0 aliphatic rings. The van der Waals surface area contributed by atoms with Crippen LogP contribution in [0.2, 0.25) is 0 Å². The fourth-order valence-corrected chi connectivity index (χ4v) is 1.86. The number of methoxy groups -OCH3 is 1. The summed E-state index contributed by atoms with van der Waals surface area (Å²) in [4.78, 5) is 14.4. The Balaban J connectivity index is 2.02. The van der Waals surface area contributed by atoms with Crippen molar-refractivity contribution in [2.45, 2.75) is 13.5 Å². The topological polar surface area (TPSA) is 63.4 Å². The lowest BCUT2D eigenvalue weighted by molar-refractivity contribution is 0.0594. The van der Waals surface area contributed by atoms with Crippen molar-refractivity contribution in [1.82, 2.24) is 4.98 Å². The lowest BCUT2D eigenvalue weighted by Gasteiger charge is -2.11. The van der Waals surface area contributed by atoms with Crippen molar-refractivity contribution in [1.29, 1.82) is 0 Å². The molecule has 0 amide bonds. The smallest absolute Gasteiger partial charge is 0.354 e. The highest BCUT2D eigenvalue weighted by Gasteiger charge is 2.08. The minimum absolute atomic E-state index is 0.369. The van der Waals surface area contributed by atoms with Gasteiger partial charge in [-0.15, -0.1) is 0 Å². The molecule has 0 saturated carbocycles. The normalized spacial score (nSPS) is 10.1. The van der Waals surface area contributed by atoms with Gasteiger partial charge in [0.05, 0.1) is 25.9 Å². The fraction of sp³-hybridized carbons (Fsp3) is 0.267. The highest BCUT2D eigenvalue weighted by atomic mass is 16.5. The standard InChI is InChI=1S/C15H18N2O3/c1-3-20-14-7-5-4-6-12(14)16-10-11-8-9-13(17-11)15(18)19-2/h4-9,16-17H,3,10H2,1-2H3. The van der Waals surface area contributed by atoms with E-state index in [2.05, 4.69) is 15.0 Å². The zero-order chi connectivity index (χ0) is 14.4. The van der Waals surface area contributed by atoms with E-state index in [0.717, 1.165) is 17.1 Å². The van der Waals surface area contributed by atoms with Crippen LogP contribution in [0.1, 0.15) is 23.1 Å². The van der Waals surface area contributed by atoms with E-state index in [1.54, 1.807) is 6.07 Å². The second kappa shape index (κ2) is 6.65. The third-order valence-electron chi connectivity index (χ3n) is 2.81. The minimum Gasteiger partial charge on any atom is -0.492 e. The second-order valence-corrected chi connectivity index (χ2v) is 4.17. The number of esters is 1. The van der Waals surface area contributed by atoms with Gasteiger partial charge < -0.3 is 19.8 Å². The summed E-state index contributed by atoms with van der Waals surface area (Å²) in [7, 11) is 1.36. The van der Waals surface area contributed by atoms with Gasteiger partial charge in [0.2, 0.25) is 0 Å².